The summed E-state index contributed by atoms with van der Waals surface area (Å²) in [5.41, 5.74) is 14.8. The number of aryl methyl sites for hydroxylation is 2. The molecule has 2 aromatic carbocycles. The zero-order valence-electron chi connectivity index (χ0n) is 25.3. The molecule has 2 aromatic heterocycles. The number of ether oxygens (including phenoxy) is 2. The van der Waals surface area contributed by atoms with Crippen molar-refractivity contribution >= 4 is 78.6 Å². The first-order valence-corrected chi connectivity index (χ1v) is 16.6. The number of nitrogens with zero attached hydrogens (tertiary/aromatic N) is 2. The number of rotatable bonds is 14. The SMILES string of the molecule is COc1ccc2c(c1)c(C1=C(c3cn(CCCCSC(=N)N)c4ccc(OC)cc34)C(=O)NC1=O)cn2CCCCSC(=N)N. The van der Waals surface area contributed by atoms with E-state index in [2.05, 4.69) is 14.5 Å². The van der Waals surface area contributed by atoms with Crippen LogP contribution in [0.25, 0.3) is 33.0 Å². The fraction of sp³-hybridized carbons (Fsp3) is 0.312. The van der Waals surface area contributed by atoms with Gasteiger partial charge in [0, 0.05) is 69.9 Å². The lowest BCUT2D eigenvalue weighted by Crippen LogP contribution is -2.22. The van der Waals surface area contributed by atoms with Gasteiger partial charge in [-0.15, -0.1) is 0 Å². The largest absolute Gasteiger partial charge is 0.497 e. The summed E-state index contributed by atoms with van der Waals surface area (Å²) in [5.74, 6) is 1.92. The molecule has 13 heteroatoms. The normalized spacial score (nSPS) is 13.2. The van der Waals surface area contributed by atoms with E-state index < -0.39 is 11.8 Å². The van der Waals surface area contributed by atoms with Gasteiger partial charge in [0.2, 0.25) is 0 Å². The van der Waals surface area contributed by atoms with E-state index in [0.29, 0.717) is 46.9 Å². The molecule has 0 fully saturated rings. The van der Waals surface area contributed by atoms with E-state index in [9.17, 15) is 9.59 Å². The number of imide groups is 1. The fourth-order valence-electron chi connectivity index (χ4n) is 5.68. The molecule has 0 atom stereocenters. The number of amides is 2. The Morgan fingerprint density at radius 3 is 1.53 bits per heavy atom. The zero-order valence-corrected chi connectivity index (χ0v) is 26.9. The topological polar surface area (TPSA) is 174 Å². The van der Waals surface area contributed by atoms with Gasteiger partial charge in [-0.2, -0.15) is 0 Å². The van der Waals surface area contributed by atoms with Crippen molar-refractivity contribution in [2.45, 2.75) is 38.8 Å². The van der Waals surface area contributed by atoms with Crippen LogP contribution in [0, 0.1) is 10.8 Å². The highest BCUT2D eigenvalue weighted by molar-refractivity contribution is 8.13. The van der Waals surface area contributed by atoms with Gasteiger partial charge >= 0.3 is 0 Å². The molecule has 5 rings (SSSR count). The van der Waals surface area contributed by atoms with Crippen molar-refractivity contribution in [3.8, 4) is 11.5 Å². The van der Waals surface area contributed by atoms with Crippen LogP contribution in [0.15, 0.2) is 48.8 Å². The summed E-state index contributed by atoms with van der Waals surface area (Å²) in [5, 5.41) is 19.3. The van der Waals surface area contributed by atoms with Crippen LogP contribution in [0.3, 0.4) is 0 Å². The molecular weight excluding hydrogens is 611 g/mol. The predicted molar refractivity (Wildman–Crippen MR) is 184 cm³/mol. The maximum Gasteiger partial charge on any atom is 0.259 e. The van der Waals surface area contributed by atoms with Gasteiger partial charge in [-0.3, -0.25) is 25.7 Å². The molecule has 0 unspecified atom stereocenters. The molecule has 7 N–H and O–H groups in total. The Labute approximate surface area is 269 Å². The van der Waals surface area contributed by atoms with Crippen molar-refractivity contribution in [2.75, 3.05) is 25.7 Å². The third-order valence-electron chi connectivity index (χ3n) is 7.75. The molecule has 1 aliphatic heterocycles. The molecule has 236 valence electrons. The Kier molecular flexibility index (Phi) is 10.1. The summed E-state index contributed by atoms with van der Waals surface area (Å²) < 4.78 is 15.3. The minimum atomic E-state index is -0.445. The number of amidine groups is 2. The Morgan fingerprint density at radius 2 is 1.16 bits per heavy atom. The molecule has 0 aliphatic carbocycles. The summed E-state index contributed by atoms with van der Waals surface area (Å²) >= 11 is 2.65. The molecule has 1 aliphatic rings. The number of nitrogens with one attached hydrogen (secondary N) is 3. The van der Waals surface area contributed by atoms with Gasteiger partial charge in [-0.1, -0.05) is 23.5 Å². The number of methoxy groups -OCH3 is 2. The molecular formula is C32H37N7O4S2. The highest BCUT2D eigenvalue weighted by Gasteiger charge is 2.35. The minimum absolute atomic E-state index is 0.109. The van der Waals surface area contributed by atoms with Crippen LogP contribution in [-0.2, 0) is 22.7 Å². The van der Waals surface area contributed by atoms with Gasteiger partial charge in [-0.25, -0.2) is 0 Å². The first kappa shape index (κ1) is 32.0. The molecule has 0 bridgehead atoms. The van der Waals surface area contributed by atoms with Gasteiger partial charge in [-0.05, 0) is 62.1 Å². The standard InChI is InChI=1S/C32H37N7O4S2/c1-42-19-7-9-25-21(15-19)23(17-38(25)11-3-5-13-44-31(33)34)27-28(30(41)37-29(27)40)24-18-39(12-4-6-14-45-32(35)36)26-10-8-20(43-2)16-22(24)26/h7-10,15-18H,3-6,11-14H2,1-2H3,(H3,33,34)(H3,35,36)(H,37,40,41). The van der Waals surface area contributed by atoms with Crippen LogP contribution in [0.4, 0.5) is 0 Å². The van der Waals surface area contributed by atoms with E-state index in [0.717, 1.165) is 59.0 Å². The number of hydrogen-bond acceptors (Lipinski definition) is 8. The van der Waals surface area contributed by atoms with Gasteiger partial charge in [0.1, 0.15) is 11.5 Å². The summed E-state index contributed by atoms with van der Waals surface area (Å²) in [6.45, 7) is 1.38. The van der Waals surface area contributed by atoms with Crippen molar-refractivity contribution in [2.24, 2.45) is 11.5 Å². The Hall–Kier alpha value is -4.36. The molecule has 0 radical (unpaired) electrons. The first-order chi connectivity index (χ1) is 21.7. The second-order valence-corrected chi connectivity index (χ2v) is 12.9. The zero-order chi connectivity index (χ0) is 32.1. The number of hydrogen-bond donors (Lipinski definition) is 5. The quantitative estimate of drug-likeness (QED) is 0.0550. The lowest BCUT2D eigenvalue weighted by Gasteiger charge is -2.06. The average molecular weight is 648 g/mol. The van der Waals surface area contributed by atoms with Crippen LogP contribution in [-0.4, -0.2) is 57.0 Å². The van der Waals surface area contributed by atoms with Crippen LogP contribution in [0.1, 0.15) is 36.8 Å². The third-order valence-corrected chi connectivity index (χ3v) is 9.36. The lowest BCUT2D eigenvalue weighted by molar-refractivity contribution is -0.122. The number of fused-ring (bicyclic) bond motifs is 2. The maximum atomic E-state index is 13.6. The van der Waals surface area contributed by atoms with E-state index in [4.69, 9.17) is 31.8 Å². The smallest absolute Gasteiger partial charge is 0.259 e. The summed E-state index contributed by atoms with van der Waals surface area (Å²) in [7, 11) is 3.20. The second kappa shape index (κ2) is 14.2. The molecule has 0 spiro atoms. The minimum Gasteiger partial charge on any atom is -0.497 e. The molecule has 11 nitrogen and oxygen atoms in total. The highest BCUT2D eigenvalue weighted by atomic mass is 32.2. The average Bonchev–Trinajstić information content (AvgIpc) is 3.65. The number of carbonyl (C=O) groups excluding carboxylic acids is 2. The molecule has 0 saturated carbocycles. The van der Waals surface area contributed by atoms with Crippen LogP contribution >= 0.6 is 23.5 Å². The number of carbonyl (C=O) groups is 2. The monoisotopic (exact) mass is 647 g/mol. The number of benzene rings is 2. The number of aromatic nitrogens is 2. The first-order valence-electron chi connectivity index (χ1n) is 14.6. The molecule has 2 amide bonds. The Morgan fingerprint density at radius 1 is 0.733 bits per heavy atom. The van der Waals surface area contributed by atoms with Crippen molar-refractivity contribution in [3.63, 3.8) is 0 Å². The van der Waals surface area contributed by atoms with Crippen LogP contribution < -0.4 is 26.3 Å². The highest BCUT2D eigenvalue weighted by Crippen LogP contribution is 2.40. The van der Waals surface area contributed by atoms with Gasteiger partial charge < -0.3 is 30.1 Å². The number of nitrogens with two attached hydrogens (primary N) is 2. The number of thioether (sulfide) groups is 2. The van der Waals surface area contributed by atoms with E-state index >= 15 is 0 Å². The van der Waals surface area contributed by atoms with Crippen molar-refractivity contribution in [1.82, 2.24) is 14.5 Å². The van der Waals surface area contributed by atoms with E-state index in [1.165, 1.54) is 23.5 Å². The van der Waals surface area contributed by atoms with E-state index in [1.54, 1.807) is 14.2 Å². The van der Waals surface area contributed by atoms with Crippen molar-refractivity contribution in [3.05, 3.63) is 59.9 Å². The summed E-state index contributed by atoms with van der Waals surface area (Å²) in [6, 6.07) is 11.5. The fourth-order valence-corrected chi connectivity index (χ4v) is 6.81. The Balaban J connectivity index is 1.60. The van der Waals surface area contributed by atoms with Crippen LogP contribution in [0.5, 0.6) is 11.5 Å². The van der Waals surface area contributed by atoms with Gasteiger partial charge in [0.15, 0.2) is 10.3 Å². The van der Waals surface area contributed by atoms with E-state index in [-0.39, 0.29) is 10.3 Å². The van der Waals surface area contributed by atoms with Gasteiger partial charge in [0.05, 0.1) is 25.4 Å². The van der Waals surface area contributed by atoms with Crippen LogP contribution in [0.2, 0.25) is 0 Å². The van der Waals surface area contributed by atoms with Crippen molar-refractivity contribution in [1.29, 1.82) is 10.8 Å². The third kappa shape index (κ3) is 6.99. The van der Waals surface area contributed by atoms with Gasteiger partial charge in [0.25, 0.3) is 11.8 Å². The molecule has 4 aromatic rings. The second-order valence-electron chi connectivity index (χ2n) is 10.6. The molecule has 3 heterocycles. The molecule has 0 saturated heterocycles. The predicted octanol–water partition coefficient (Wildman–Crippen LogP) is 4.99. The lowest BCUT2D eigenvalue weighted by atomic mass is 9.95. The number of unbranched alkanes of at least 4 members (excludes halogenated alkanes) is 2. The van der Waals surface area contributed by atoms with E-state index in [1.807, 2.05) is 48.8 Å². The Bertz CT molecular complexity index is 1690. The summed E-state index contributed by atoms with van der Waals surface area (Å²) in [4.78, 5) is 27.2. The van der Waals surface area contributed by atoms with Crippen molar-refractivity contribution < 1.29 is 19.1 Å². The summed E-state index contributed by atoms with van der Waals surface area (Å²) in [6.07, 6.45) is 7.34. The maximum absolute atomic E-state index is 13.6. The molecule has 45 heavy (non-hydrogen) atoms.